The molecule has 0 saturated heterocycles. The molecular formula is C18H15NO2. The zero-order valence-corrected chi connectivity index (χ0v) is 11.7. The molecule has 0 aliphatic carbocycles. The average molecular weight is 277 g/mol. The Morgan fingerprint density at radius 3 is 2.57 bits per heavy atom. The van der Waals surface area contributed by atoms with Crippen molar-refractivity contribution in [3.05, 3.63) is 59.7 Å². The summed E-state index contributed by atoms with van der Waals surface area (Å²) in [6.45, 7) is 1.84. The first-order chi connectivity index (χ1) is 10.2. The summed E-state index contributed by atoms with van der Waals surface area (Å²) >= 11 is 0. The number of ketones is 1. The van der Waals surface area contributed by atoms with Crippen LogP contribution >= 0.6 is 0 Å². The molecule has 21 heavy (non-hydrogen) atoms. The molecule has 0 aliphatic heterocycles. The highest BCUT2D eigenvalue weighted by molar-refractivity contribution is 6.11. The van der Waals surface area contributed by atoms with Crippen molar-refractivity contribution in [3.8, 4) is 11.3 Å². The lowest BCUT2D eigenvalue weighted by atomic mass is 10.0. The monoisotopic (exact) mass is 277 g/mol. The summed E-state index contributed by atoms with van der Waals surface area (Å²) < 4.78 is 0. The van der Waals surface area contributed by atoms with Crippen molar-refractivity contribution in [2.24, 2.45) is 0 Å². The van der Waals surface area contributed by atoms with Crippen molar-refractivity contribution in [2.75, 3.05) is 0 Å². The van der Waals surface area contributed by atoms with Gasteiger partial charge in [-0.05, 0) is 17.7 Å². The van der Waals surface area contributed by atoms with Gasteiger partial charge in [-0.2, -0.15) is 0 Å². The Morgan fingerprint density at radius 1 is 1.14 bits per heavy atom. The normalized spacial score (nSPS) is 10.7. The van der Waals surface area contributed by atoms with Gasteiger partial charge in [-0.1, -0.05) is 43.3 Å². The number of fused-ring (bicyclic) bond motifs is 1. The number of rotatable bonds is 4. The third-order valence-corrected chi connectivity index (χ3v) is 3.66. The van der Waals surface area contributed by atoms with Gasteiger partial charge in [0.15, 0.2) is 12.1 Å². The molecule has 3 rings (SSSR count). The van der Waals surface area contributed by atoms with Crippen LogP contribution < -0.4 is 0 Å². The molecular weight excluding hydrogens is 262 g/mol. The van der Waals surface area contributed by atoms with Crippen molar-refractivity contribution in [1.82, 2.24) is 4.98 Å². The van der Waals surface area contributed by atoms with Crippen LogP contribution in [0.25, 0.3) is 22.2 Å². The molecule has 1 heterocycles. The average Bonchev–Trinajstić information content (AvgIpc) is 2.99. The van der Waals surface area contributed by atoms with Gasteiger partial charge >= 0.3 is 0 Å². The summed E-state index contributed by atoms with van der Waals surface area (Å²) in [6.07, 6.45) is 1.26. The fourth-order valence-electron chi connectivity index (χ4n) is 2.54. The van der Waals surface area contributed by atoms with Crippen molar-refractivity contribution in [2.45, 2.75) is 13.3 Å². The van der Waals surface area contributed by atoms with E-state index in [2.05, 4.69) is 4.98 Å². The molecule has 0 saturated carbocycles. The van der Waals surface area contributed by atoms with Crippen LogP contribution in [0.2, 0.25) is 0 Å². The lowest BCUT2D eigenvalue weighted by molar-refractivity contribution is 0.0989. The summed E-state index contributed by atoms with van der Waals surface area (Å²) in [5.74, 6) is 0.0684. The maximum absolute atomic E-state index is 12.1. The van der Waals surface area contributed by atoms with Crippen molar-refractivity contribution >= 4 is 23.0 Å². The van der Waals surface area contributed by atoms with Gasteiger partial charge in [0.05, 0.1) is 5.52 Å². The van der Waals surface area contributed by atoms with Gasteiger partial charge in [0.2, 0.25) is 0 Å². The number of aromatic nitrogens is 1. The van der Waals surface area contributed by atoms with Crippen LogP contribution in [0.1, 0.15) is 34.1 Å². The van der Waals surface area contributed by atoms with Crippen LogP contribution in [-0.2, 0) is 0 Å². The summed E-state index contributed by atoms with van der Waals surface area (Å²) in [4.78, 5) is 26.6. The molecule has 3 heteroatoms. The molecule has 0 atom stereocenters. The van der Waals surface area contributed by atoms with E-state index in [1.165, 1.54) is 0 Å². The maximum atomic E-state index is 12.1. The van der Waals surface area contributed by atoms with Gasteiger partial charge in [-0.3, -0.25) is 9.59 Å². The van der Waals surface area contributed by atoms with E-state index in [0.717, 1.165) is 28.4 Å². The largest absolute Gasteiger partial charge is 0.354 e. The maximum Gasteiger partial charge on any atom is 0.164 e. The van der Waals surface area contributed by atoms with Crippen LogP contribution in [0.15, 0.2) is 48.5 Å². The molecule has 1 aromatic heterocycles. The molecule has 0 unspecified atom stereocenters. The standard InChI is InChI=1S/C18H15NO2/c1-2-17(21)14-9-8-13(11-20)15-10-16(19-18(14)15)12-6-4-3-5-7-12/h3-11,19H,2H2,1H3. The van der Waals surface area contributed by atoms with Crippen molar-refractivity contribution in [1.29, 1.82) is 0 Å². The zero-order chi connectivity index (χ0) is 14.8. The molecule has 104 valence electrons. The molecule has 2 aromatic carbocycles. The minimum Gasteiger partial charge on any atom is -0.354 e. The molecule has 0 fully saturated rings. The Labute approximate surface area is 122 Å². The van der Waals surface area contributed by atoms with Crippen LogP contribution in [0.3, 0.4) is 0 Å². The Bertz CT molecular complexity index is 816. The molecule has 0 radical (unpaired) electrons. The van der Waals surface area contributed by atoms with Gasteiger partial charge in [-0.15, -0.1) is 0 Å². The molecule has 3 aromatic rings. The predicted molar refractivity (Wildman–Crippen MR) is 83.7 cm³/mol. The Kier molecular flexibility index (Phi) is 3.40. The SMILES string of the molecule is CCC(=O)c1ccc(C=O)c2cc(-c3ccccc3)[nH]c12. The number of carbonyl (C=O) groups excluding carboxylic acids is 2. The fraction of sp³-hybridized carbons (Fsp3) is 0.111. The number of nitrogens with one attached hydrogen (secondary N) is 1. The van der Waals surface area contributed by atoms with E-state index in [1.54, 1.807) is 12.1 Å². The van der Waals surface area contributed by atoms with Crippen molar-refractivity contribution in [3.63, 3.8) is 0 Å². The number of aromatic amines is 1. The first-order valence-electron chi connectivity index (χ1n) is 6.94. The van der Waals surface area contributed by atoms with Gasteiger partial charge < -0.3 is 4.98 Å². The predicted octanol–water partition coefficient (Wildman–Crippen LogP) is 4.24. The second-order valence-corrected chi connectivity index (χ2v) is 4.93. The number of aldehydes is 1. The molecule has 0 amide bonds. The van der Waals surface area contributed by atoms with Crippen LogP contribution in [0.4, 0.5) is 0 Å². The van der Waals surface area contributed by atoms with E-state index in [0.29, 0.717) is 17.5 Å². The first-order valence-corrected chi connectivity index (χ1v) is 6.94. The fourth-order valence-corrected chi connectivity index (χ4v) is 2.54. The summed E-state index contributed by atoms with van der Waals surface area (Å²) in [6, 6.07) is 15.2. The second kappa shape index (κ2) is 5.37. The molecule has 0 spiro atoms. The Hall–Kier alpha value is -2.68. The summed E-state index contributed by atoms with van der Waals surface area (Å²) in [7, 11) is 0. The van der Waals surface area contributed by atoms with Gasteiger partial charge in [0.1, 0.15) is 0 Å². The smallest absolute Gasteiger partial charge is 0.164 e. The Balaban J connectivity index is 2.28. The topological polar surface area (TPSA) is 49.9 Å². The minimum absolute atomic E-state index is 0.0684. The molecule has 0 aliphatic rings. The third-order valence-electron chi connectivity index (χ3n) is 3.66. The van der Waals surface area contributed by atoms with Gasteiger partial charge in [0.25, 0.3) is 0 Å². The lowest BCUT2D eigenvalue weighted by Gasteiger charge is -2.02. The van der Waals surface area contributed by atoms with E-state index in [-0.39, 0.29) is 5.78 Å². The highest BCUT2D eigenvalue weighted by Crippen LogP contribution is 2.28. The third kappa shape index (κ3) is 2.27. The van der Waals surface area contributed by atoms with Crippen LogP contribution in [0, 0.1) is 0 Å². The van der Waals surface area contributed by atoms with E-state index in [4.69, 9.17) is 0 Å². The van der Waals surface area contributed by atoms with Crippen molar-refractivity contribution < 1.29 is 9.59 Å². The van der Waals surface area contributed by atoms with E-state index >= 15 is 0 Å². The summed E-state index contributed by atoms with van der Waals surface area (Å²) in [5.41, 5.74) is 3.91. The molecule has 3 nitrogen and oxygen atoms in total. The minimum atomic E-state index is 0.0684. The van der Waals surface area contributed by atoms with Gasteiger partial charge in [-0.25, -0.2) is 0 Å². The van der Waals surface area contributed by atoms with E-state index in [1.807, 2.05) is 43.3 Å². The highest BCUT2D eigenvalue weighted by Gasteiger charge is 2.14. The van der Waals surface area contributed by atoms with E-state index < -0.39 is 0 Å². The number of hydrogen-bond donors (Lipinski definition) is 1. The number of Topliss-reactive ketones (excluding diaryl/α,β-unsaturated/α-hetero) is 1. The molecule has 0 bridgehead atoms. The first kappa shape index (κ1) is 13.3. The van der Waals surface area contributed by atoms with Crippen LogP contribution in [-0.4, -0.2) is 17.1 Å². The zero-order valence-electron chi connectivity index (χ0n) is 11.7. The highest BCUT2D eigenvalue weighted by atomic mass is 16.1. The number of H-pyrrole nitrogens is 1. The van der Waals surface area contributed by atoms with Crippen LogP contribution in [0.5, 0.6) is 0 Å². The quantitative estimate of drug-likeness (QED) is 0.572. The van der Waals surface area contributed by atoms with Gasteiger partial charge in [0, 0.05) is 28.6 Å². The second-order valence-electron chi connectivity index (χ2n) is 4.93. The number of carbonyl (C=O) groups is 2. The number of hydrogen-bond acceptors (Lipinski definition) is 2. The Morgan fingerprint density at radius 2 is 1.90 bits per heavy atom. The molecule has 1 N–H and O–H groups in total. The lowest BCUT2D eigenvalue weighted by Crippen LogP contribution is -1.98. The number of benzene rings is 2. The van der Waals surface area contributed by atoms with E-state index in [9.17, 15) is 9.59 Å². The summed E-state index contributed by atoms with van der Waals surface area (Å²) in [5, 5.41) is 0.795.